The Morgan fingerprint density at radius 2 is 1.50 bits per heavy atom. The van der Waals surface area contributed by atoms with Crippen molar-refractivity contribution in [1.82, 2.24) is 0 Å². The van der Waals surface area contributed by atoms with Crippen LogP contribution in [-0.4, -0.2) is 19.3 Å². The Morgan fingerprint density at radius 1 is 0.950 bits per heavy atom. The Morgan fingerprint density at radius 3 is 2.00 bits per heavy atom. The summed E-state index contributed by atoms with van der Waals surface area (Å²) in [5, 5.41) is 10.3. The van der Waals surface area contributed by atoms with Crippen LogP contribution in [0.5, 0.6) is 11.5 Å². The Kier molecular flexibility index (Phi) is 4.25. The molecule has 0 radical (unpaired) electrons. The van der Waals surface area contributed by atoms with Crippen molar-refractivity contribution in [3.63, 3.8) is 0 Å². The van der Waals surface area contributed by atoms with Gasteiger partial charge in [-0.1, -0.05) is 12.1 Å². The van der Waals surface area contributed by atoms with Crippen molar-refractivity contribution >= 4 is 0 Å². The van der Waals surface area contributed by atoms with E-state index < -0.39 is 11.9 Å². The van der Waals surface area contributed by atoms with E-state index in [1.807, 2.05) is 13.0 Å². The van der Waals surface area contributed by atoms with E-state index in [0.29, 0.717) is 11.1 Å². The van der Waals surface area contributed by atoms with E-state index in [1.54, 1.807) is 25.3 Å². The van der Waals surface area contributed by atoms with E-state index in [0.717, 1.165) is 11.3 Å². The van der Waals surface area contributed by atoms with Crippen molar-refractivity contribution in [3.8, 4) is 11.5 Å². The molecule has 0 aliphatic carbocycles. The second-order valence-corrected chi connectivity index (χ2v) is 4.53. The number of rotatable bonds is 4. The van der Waals surface area contributed by atoms with E-state index in [2.05, 4.69) is 0 Å². The number of aliphatic hydroxyl groups is 1. The molecule has 0 spiro atoms. The minimum absolute atomic E-state index is 0.159. The number of ether oxygens (including phenoxy) is 2. The molecule has 1 unspecified atom stereocenters. The van der Waals surface area contributed by atoms with E-state index in [1.165, 1.54) is 19.2 Å². The SMILES string of the molecule is COc1ccc(C(O)c2ccc(OC)c(F)c2)cc1C. The summed E-state index contributed by atoms with van der Waals surface area (Å²) in [6.45, 7) is 1.89. The van der Waals surface area contributed by atoms with Crippen molar-refractivity contribution in [3.05, 3.63) is 58.9 Å². The van der Waals surface area contributed by atoms with Gasteiger partial charge in [0.2, 0.25) is 0 Å². The molecule has 1 N–H and O–H groups in total. The monoisotopic (exact) mass is 276 g/mol. The number of hydrogen-bond donors (Lipinski definition) is 1. The van der Waals surface area contributed by atoms with Gasteiger partial charge in [0.05, 0.1) is 14.2 Å². The van der Waals surface area contributed by atoms with Crippen LogP contribution in [0.1, 0.15) is 22.8 Å². The number of hydrogen-bond acceptors (Lipinski definition) is 3. The fraction of sp³-hybridized carbons (Fsp3) is 0.250. The minimum Gasteiger partial charge on any atom is -0.496 e. The van der Waals surface area contributed by atoms with Crippen LogP contribution in [0.15, 0.2) is 36.4 Å². The number of aryl methyl sites for hydroxylation is 1. The summed E-state index contributed by atoms with van der Waals surface area (Å²) in [4.78, 5) is 0. The lowest BCUT2D eigenvalue weighted by Gasteiger charge is -2.14. The summed E-state index contributed by atoms with van der Waals surface area (Å²) >= 11 is 0. The predicted octanol–water partition coefficient (Wildman–Crippen LogP) is 3.23. The Hall–Kier alpha value is -2.07. The highest BCUT2D eigenvalue weighted by atomic mass is 19.1. The largest absolute Gasteiger partial charge is 0.496 e. The van der Waals surface area contributed by atoms with Crippen molar-refractivity contribution < 1.29 is 19.0 Å². The maximum atomic E-state index is 13.7. The molecule has 0 aromatic heterocycles. The summed E-state index contributed by atoms with van der Waals surface area (Å²) in [5.74, 6) is 0.419. The van der Waals surface area contributed by atoms with Gasteiger partial charge in [0.15, 0.2) is 11.6 Å². The van der Waals surface area contributed by atoms with Gasteiger partial charge in [-0.25, -0.2) is 4.39 Å². The first-order valence-corrected chi connectivity index (χ1v) is 6.23. The normalized spacial score (nSPS) is 12.1. The van der Waals surface area contributed by atoms with Gasteiger partial charge in [-0.15, -0.1) is 0 Å². The van der Waals surface area contributed by atoms with Gasteiger partial charge < -0.3 is 14.6 Å². The first kappa shape index (κ1) is 14.3. The molecule has 2 rings (SSSR count). The number of methoxy groups -OCH3 is 2. The zero-order valence-electron chi connectivity index (χ0n) is 11.7. The van der Waals surface area contributed by atoms with E-state index in [9.17, 15) is 9.50 Å². The maximum absolute atomic E-state index is 13.7. The molecule has 1 atom stereocenters. The zero-order chi connectivity index (χ0) is 14.7. The van der Waals surface area contributed by atoms with E-state index in [-0.39, 0.29) is 5.75 Å². The second-order valence-electron chi connectivity index (χ2n) is 4.53. The average Bonchev–Trinajstić information content (AvgIpc) is 2.46. The topological polar surface area (TPSA) is 38.7 Å². The molecule has 0 heterocycles. The molecule has 0 amide bonds. The quantitative estimate of drug-likeness (QED) is 0.931. The highest BCUT2D eigenvalue weighted by molar-refractivity contribution is 5.41. The molecule has 0 aliphatic rings. The van der Waals surface area contributed by atoms with Crippen molar-refractivity contribution in [2.45, 2.75) is 13.0 Å². The Labute approximate surface area is 117 Å². The van der Waals surface area contributed by atoms with Crippen LogP contribution in [0.4, 0.5) is 4.39 Å². The molecule has 2 aromatic rings. The molecule has 0 aliphatic heterocycles. The van der Waals surface area contributed by atoms with Gasteiger partial charge in [-0.2, -0.15) is 0 Å². The van der Waals surface area contributed by atoms with Crippen LogP contribution in [0, 0.1) is 12.7 Å². The molecule has 4 heteroatoms. The number of aliphatic hydroxyl groups excluding tert-OH is 1. The molecule has 0 fully saturated rings. The van der Waals surface area contributed by atoms with Gasteiger partial charge in [-0.05, 0) is 47.9 Å². The summed E-state index contributed by atoms with van der Waals surface area (Å²) in [6, 6.07) is 9.80. The smallest absolute Gasteiger partial charge is 0.165 e. The molecule has 0 bridgehead atoms. The summed E-state index contributed by atoms with van der Waals surface area (Å²) in [5.41, 5.74) is 2.08. The third-order valence-electron chi connectivity index (χ3n) is 3.23. The first-order chi connectivity index (χ1) is 9.56. The third kappa shape index (κ3) is 2.75. The van der Waals surface area contributed by atoms with Crippen LogP contribution >= 0.6 is 0 Å². The molecule has 0 saturated carbocycles. The fourth-order valence-electron chi connectivity index (χ4n) is 2.12. The highest BCUT2D eigenvalue weighted by Crippen LogP contribution is 2.29. The molecule has 2 aromatic carbocycles. The lowest BCUT2D eigenvalue weighted by atomic mass is 9.99. The second kappa shape index (κ2) is 5.92. The Balaban J connectivity index is 2.33. The van der Waals surface area contributed by atoms with Crippen molar-refractivity contribution in [1.29, 1.82) is 0 Å². The average molecular weight is 276 g/mol. The van der Waals surface area contributed by atoms with Gasteiger partial charge in [0, 0.05) is 0 Å². The molecule has 20 heavy (non-hydrogen) atoms. The van der Waals surface area contributed by atoms with Gasteiger partial charge in [0.25, 0.3) is 0 Å². The first-order valence-electron chi connectivity index (χ1n) is 6.23. The molecular formula is C16H17FO3. The highest BCUT2D eigenvalue weighted by Gasteiger charge is 2.14. The molecule has 3 nitrogen and oxygen atoms in total. The minimum atomic E-state index is -0.889. The maximum Gasteiger partial charge on any atom is 0.165 e. The number of benzene rings is 2. The van der Waals surface area contributed by atoms with Crippen LogP contribution in [0.2, 0.25) is 0 Å². The van der Waals surface area contributed by atoms with Gasteiger partial charge in [0.1, 0.15) is 11.9 Å². The van der Waals surface area contributed by atoms with Crippen LogP contribution in [0.3, 0.4) is 0 Å². The lowest BCUT2D eigenvalue weighted by molar-refractivity contribution is 0.219. The predicted molar refractivity (Wildman–Crippen MR) is 74.7 cm³/mol. The van der Waals surface area contributed by atoms with Crippen LogP contribution in [-0.2, 0) is 0 Å². The van der Waals surface area contributed by atoms with Crippen LogP contribution < -0.4 is 9.47 Å². The zero-order valence-corrected chi connectivity index (χ0v) is 11.7. The summed E-state index contributed by atoms with van der Waals surface area (Å²) in [6.07, 6.45) is -0.889. The standard InChI is InChI=1S/C16H17FO3/c1-10-8-11(4-6-14(10)19-2)16(18)12-5-7-15(20-3)13(17)9-12/h4-9,16,18H,1-3H3. The molecule has 0 saturated heterocycles. The Bertz CT molecular complexity index is 557. The molecule has 106 valence electrons. The summed E-state index contributed by atoms with van der Waals surface area (Å²) in [7, 11) is 3.00. The molecular weight excluding hydrogens is 259 g/mol. The number of halogens is 1. The van der Waals surface area contributed by atoms with E-state index in [4.69, 9.17) is 9.47 Å². The van der Waals surface area contributed by atoms with Gasteiger partial charge in [-0.3, -0.25) is 0 Å². The van der Waals surface area contributed by atoms with Crippen molar-refractivity contribution in [2.24, 2.45) is 0 Å². The third-order valence-corrected chi connectivity index (χ3v) is 3.23. The van der Waals surface area contributed by atoms with Gasteiger partial charge >= 0.3 is 0 Å². The van der Waals surface area contributed by atoms with E-state index >= 15 is 0 Å². The lowest BCUT2D eigenvalue weighted by Crippen LogP contribution is -2.02. The summed E-state index contributed by atoms with van der Waals surface area (Å²) < 4.78 is 23.7. The van der Waals surface area contributed by atoms with Crippen LogP contribution in [0.25, 0.3) is 0 Å². The fourth-order valence-corrected chi connectivity index (χ4v) is 2.12. The van der Waals surface area contributed by atoms with Crippen molar-refractivity contribution in [2.75, 3.05) is 14.2 Å².